The van der Waals surface area contributed by atoms with Crippen molar-refractivity contribution in [1.29, 1.82) is 0 Å². The first-order valence-electron chi connectivity index (χ1n) is 5.96. The summed E-state index contributed by atoms with van der Waals surface area (Å²) in [6, 6.07) is 9.27. The number of carbonyl (C=O) groups excluding carboxylic acids is 2. The zero-order valence-electron chi connectivity index (χ0n) is 10.8. The van der Waals surface area contributed by atoms with E-state index >= 15 is 0 Å². The number of amides is 1. The van der Waals surface area contributed by atoms with Crippen LogP contribution in [0, 0.1) is 5.92 Å². The molecule has 1 unspecified atom stereocenters. The number of rotatable bonds is 2. The average Bonchev–Trinajstić information content (AvgIpc) is 2.62. The van der Waals surface area contributed by atoms with Crippen molar-refractivity contribution in [1.82, 2.24) is 0 Å². The number of hydrogen-bond acceptors (Lipinski definition) is 3. The number of carbonyl (C=O) groups is 2. The Bertz CT molecular complexity index is 467. The third-order valence-electron chi connectivity index (χ3n) is 3.13. The predicted molar refractivity (Wildman–Crippen MR) is 68.1 cm³/mol. The summed E-state index contributed by atoms with van der Waals surface area (Å²) in [7, 11) is 1.68. The van der Waals surface area contributed by atoms with Crippen molar-refractivity contribution in [2.24, 2.45) is 5.92 Å². The maximum absolute atomic E-state index is 12.3. The van der Waals surface area contributed by atoms with Gasteiger partial charge in [0.1, 0.15) is 11.5 Å². The Balaban J connectivity index is 2.16. The molecule has 0 saturated carbocycles. The topological polar surface area (TPSA) is 46.6 Å². The summed E-state index contributed by atoms with van der Waals surface area (Å²) in [5, 5.41) is 0. The number of cyclic esters (lactones) is 1. The number of anilines is 1. The molecule has 18 heavy (non-hydrogen) atoms. The minimum Gasteiger partial charge on any atom is -0.459 e. The van der Waals surface area contributed by atoms with Crippen LogP contribution in [0.2, 0.25) is 0 Å². The molecule has 1 saturated heterocycles. The molecule has 1 aliphatic heterocycles. The van der Waals surface area contributed by atoms with Gasteiger partial charge in [-0.1, -0.05) is 18.2 Å². The molecule has 2 rings (SSSR count). The largest absolute Gasteiger partial charge is 0.459 e. The standard InChI is InChI=1S/C14H17NO3/c1-14(2)9-11(13(17)18-14)12(16)15(3)10-7-5-4-6-8-10/h4-8,11H,9H2,1-3H3. The average molecular weight is 247 g/mol. The lowest BCUT2D eigenvalue weighted by atomic mass is 9.96. The number of esters is 1. The van der Waals surface area contributed by atoms with E-state index in [0.717, 1.165) is 5.69 Å². The number of benzene rings is 1. The first kappa shape index (κ1) is 12.6. The van der Waals surface area contributed by atoms with Gasteiger partial charge in [-0.25, -0.2) is 0 Å². The van der Waals surface area contributed by atoms with Gasteiger partial charge in [0.15, 0.2) is 0 Å². The molecule has 1 fully saturated rings. The van der Waals surface area contributed by atoms with Gasteiger partial charge in [0.05, 0.1) is 0 Å². The molecule has 0 aromatic heterocycles. The Morgan fingerprint density at radius 1 is 1.33 bits per heavy atom. The van der Waals surface area contributed by atoms with Crippen LogP contribution in [0.25, 0.3) is 0 Å². The summed E-state index contributed by atoms with van der Waals surface area (Å²) >= 11 is 0. The molecule has 4 heteroatoms. The lowest BCUT2D eigenvalue weighted by Crippen LogP contribution is -2.35. The molecule has 1 amide bonds. The van der Waals surface area contributed by atoms with E-state index < -0.39 is 17.5 Å². The fourth-order valence-electron chi connectivity index (χ4n) is 2.16. The Morgan fingerprint density at radius 2 is 1.94 bits per heavy atom. The van der Waals surface area contributed by atoms with Crippen LogP contribution < -0.4 is 4.90 Å². The predicted octanol–water partition coefficient (Wildman–Crippen LogP) is 1.99. The zero-order chi connectivity index (χ0) is 13.3. The second kappa shape index (κ2) is 4.44. The number of ether oxygens (including phenoxy) is 1. The molecule has 0 radical (unpaired) electrons. The summed E-state index contributed by atoms with van der Waals surface area (Å²) < 4.78 is 5.18. The van der Waals surface area contributed by atoms with Crippen LogP contribution in [0.15, 0.2) is 30.3 Å². The van der Waals surface area contributed by atoms with E-state index in [0.29, 0.717) is 6.42 Å². The molecule has 0 N–H and O–H groups in total. The third-order valence-corrected chi connectivity index (χ3v) is 3.13. The molecule has 96 valence electrons. The van der Waals surface area contributed by atoms with Gasteiger partial charge < -0.3 is 9.64 Å². The lowest BCUT2D eigenvalue weighted by Gasteiger charge is -2.19. The van der Waals surface area contributed by atoms with Crippen molar-refractivity contribution in [3.63, 3.8) is 0 Å². The molecular weight excluding hydrogens is 230 g/mol. The molecule has 1 atom stereocenters. The maximum Gasteiger partial charge on any atom is 0.319 e. The van der Waals surface area contributed by atoms with Crippen LogP contribution >= 0.6 is 0 Å². The molecule has 0 bridgehead atoms. The smallest absolute Gasteiger partial charge is 0.319 e. The van der Waals surface area contributed by atoms with Crippen LogP contribution in [0.1, 0.15) is 20.3 Å². The van der Waals surface area contributed by atoms with Gasteiger partial charge >= 0.3 is 5.97 Å². The van der Waals surface area contributed by atoms with Crippen LogP contribution in [0.5, 0.6) is 0 Å². The first-order chi connectivity index (χ1) is 8.41. The van der Waals surface area contributed by atoms with E-state index in [4.69, 9.17) is 4.74 Å². The van der Waals surface area contributed by atoms with E-state index in [1.807, 2.05) is 44.2 Å². The van der Waals surface area contributed by atoms with E-state index in [9.17, 15) is 9.59 Å². The highest BCUT2D eigenvalue weighted by atomic mass is 16.6. The van der Waals surface area contributed by atoms with Crippen molar-refractivity contribution >= 4 is 17.6 Å². The quantitative estimate of drug-likeness (QED) is 0.593. The van der Waals surface area contributed by atoms with Crippen LogP contribution in [0.4, 0.5) is 5.69 Å². The second-order valence-electron chi connectivity index (χ2n) is 5.17. The molecule has 1 aromatic rings. The van der Waals surface area contributed by atoms with Crippen molar-refractivity contribution < 1.29 is 14.3 Å². The highest BCUT2D eigenvalue weighted by Crippen LogP contribution is 2.32. The minimum absolute atomic E-state index is 0.211. The molecule has 0 aliphatic carbocycles. The van der Waals surface area contributed by atoms with Crippen molar-refractivity contribution in [2.75, 3.05) is 11.9 Å². The molecule has 0 spiro atoms. The van der Waals surface area contributed by atoms with Crippen LogP contribution in [0.3, 0.4) is 0 Å². The van der Waals surface area contributed by atoms with E-state index in [1.54, 1.807) is 7.05 Å². The van der Waals surface area contributed by atoms with E-state index in [1.165, 1.54) is 4.90 Å². The molecule has 4 nitrogen and oxygen atoms in total. The van der Waals surface area contributed by atoms with Gasteiger partial charge in [0.2, 0.25) is 5.91 Å². The molecule has 1 aromatic carbocycles. The monoisotopic (exact) mass is 247 g/mol. The van der Waals surface area contributed by atoms with Crippen molar-refractivity contribution in [3.05, 3.63) is 30.3 Å². The van der Waals surface area contributed by atoms with Gasteiger partial charge in [-0.3, -0.25) is 9.59 Å². The van der Waals surface area contributed by atoms with Crippen molar-refractivity contribution in [2.45, 2.75) is 25.9 Å². The summed E-state index contributed by atoms with van der Waals surface area (Å²) in [5.74, 6) is -1.32. The van der Waals surface area contributed by atoms with Crippen LogP contribution in [-0.2, 0) is 14.3 Å². The first-order valence-corrected chi connectivity index (χ1v) is 5.96. The summed E-state index contributed by atoms with van der Waals surface area (Å²) in [4.78, 5) is 25.5. The summed E-state index contributed by atoms with van der Waals surface area (Å²) in [5.41, 5.74) is 0.231. The highest BCUT2D eigenvalue weighted by molar-refractivity contribution is 6.06. The van der Waals surface area contributed by atoms with E-state index in [2.05, 4.69) is 0 Å². The van der Waals surface area contributed by atoms with Crippen LogP contribution in [-0.4, -0.2) is 24.5 Å². The molecular formula is C14H17NO3. The van der Waals surface area contributed by atoms with Gasteiger partial charge in [-0.05, 0) is 26.0 Å². The van der Waals surface area contributed by atoms with Gasteiger partial charge in [0, 0.05) is 19.2 Å². The van der Waals surface area contributed by atoms with Crippen molar-refractivity contribution in [3.8, 4) is 0 Å². The molecule has 1 aliphatic rings. The normalized spacial score (nSPS) is 21.5. The van der Waals surface area contributed by atoms with Gasteiger partial charge in [0.25, 0.3) is 0 Å². The second-order valence-corrected chi connectivity index (χ2v) is 5.17. The lowest BCUT2D eigenvalue weighted by molar-refractivity contribution is -0.150. The third kappa shape index (κ3) is 2.37. The fraction of sp³-hybridized carbons (Fsp3) is 0.429. The SMILES string of the molecule is CN(C(=O)C1CC(C)(C)OC1=O)c1ccccc1. The number of hydrogen-bond donors (Lipinski definition) is 0. The number of nitrogens with zero attached hydrogens (tertiary/aromatic N) is 1. The Morgan fingerprint density at radius 3 is 2.44 bits per heavy atom. The zero-order valence-corrected chi connectivity index (χ0v) is 10.8. The maximum atomic E-state index is 12.3. The highest BCUT2D eigenvalue weighted by Gasteiger charge is 2.45. The fourth-order valence-corrected chi connectivity index (χ4v) is 2.16. The minimum atomic E-state index is -0.690. The Labute approximate surface area is 107 Å². The Kier molecular flexibility index (Phi) is 3.11. The van der Waals surface area contributed by atoms with E-state index in [-0.39, 0.29) is 5.91 Å². The summed E-state index contributed by atoms with van der Waals surface area (Å²) in [6.07, 6.45) is 0.432. The summed E-state index contributed by atoms with van der Waals surface area (Å²) in [6.45, 7) is 3.64. The van der Waals surface area contributed by atoms with Gasteiger partial charge in [-0.2, -0.15) is 0 Å². The molecule has 1 heterocycles. The number of para-hydroxylation sites is 1. The Hall–Kier alpha value is -1.84. The van der Waals surface area contributed by atoms with Gasteiger partial charge in [-0.15, -0.1) is 0 Å².